The Kier molecular flexibility index (Phi) is 4.62. The number of hydrogen-bond donors (Lipinski definition) is 5. The summed E-state index contributed by atoms with van der Waals surface area (Å²) in [6.45, 7) is 0. The van der Waals surface area contributed by atoms with Crippen LogP contribution in [0.1, 0.15) is 10.4 Å². The molecule has 1 heterocycles. The molecule has 1 aliphatic heterocycles. The van der Waals surface area contributed by atoms with E-state index in [-0.39, 0.29) is 11.3 Å². The predicted molar refractivity (Wildman–Crippen MR) is 69.9 cm³/mol. The molecule has 1 aromatic carbocycles. The van der Waals surface area contributed by atoms with Gasteiger partial charge in [-0.15, -0.1) is 0 Å². The van der Waals surface area contributed by atoms with Gasteiger partial charge in [-0.05, 0) is 18.2 Å². The molecule has 1 fully saturated rings. The Morgan fingerprint density at radius 3 is 2.41 bits per heavy atom. The zero-order valence-corrected chi connectivity index (χ0v) is 11.2. The number of carbonyl (C=O) groups excluding carboxylic acids is 1. The lowest BCUT2D eigenvalue weighted by Crippen LogP contribution is -2.61. The maximum atomic E-state index is 11.1. The van der Waals surface area contributed by atoms with E-state index in [1.54, 1.807) is 0 Å². The van der Waals surface area contributed by atoms with Crippen molar-refractivity contribution in [1.29, 1.82) is 0 Å². The van der Waals surface area contributed by atoms with Gasteiger partial charge in [-0.25, -0.2) is 4.79 Å². The molecule has 0 aromatic heterocycles. The van der Waals surface area contributed by atoms with Crippen molar-refractivity contribution in [3.05, 3.63) is 29.8 Å². The molecule has 1 aliphatic rings. The lowest BCUT2D eigenvalue weighted by Gasteiger charge is -2.38. The van der Waals surface area contributed by atoms with E-state index in [1.807, 2.05) is 0 Å². The Labute approximate surface area is 124 Å². The van der Waals surface area contributed by atoms with Crippen LogP contribution in [0.4, 0.5) is 0 Å². The third kappa shape index (κ3) is 3.17. The van der Waals surface area contributed by atoms with Crippen molar-refractivity contribution >= 4 is 11.9 Å². The summed E-state index contributed by atoms with van der Waals surface area (Å²) in [5, 5.41) is 37.9. The van der Waals surface area contributed by atoms with Crippen LogP contribution in [0.25, 0.3) is 0 Å². The summed E-state index contributed by atoms with van der Waals surface area (Å²) in [6.07, 6.45) is -8.54. The highest BCUT2D eigenvalue weighted by Gasteiger charge is 2.48. The second-order valence-corrected chi connectivity index (χ2v) is 4.75. The molecule has 9 heteroatoms. The third-order valence-electron chi connectivity index (χ3n) is 3.18. The molecule has 120 valence electrons. The summed E-state index contributed by atoms with van der Waals surface area (Å²) in [5.41, 5.74) is 5.26. The number of carboxylic acid groups (broad SMARTS) is 1. The number of aliphatic hydroxyl groups excluding tert-OH is 3. The van der Waals surface area contributed by atoms with Crippen molar-refractivity contribution < 1.29 is 39.5 Å². The standard InChI is InChI=1S/C13H15NO8/c14-11(18)5-2-1-3-6(4-5)21-13-9(17)7(15)8(16)10(22-13)12(19)20/h1-4,7-10,13,15-17H,(H2,14,18)(H,19,20)/t7-,8-,9+,10-,13+/m0/s1. The first-order chi connectivity index (χ1) is 10.3. The monoisotopic (exact) mass is 313 g/mol. The van der Waals surface area contributed by atoms with Crippen molar-refractivity contribution in [3.63, 3.8) is 0 Å². The number of hydrogen-bond acceptors (Lipinski definition) is 7. The van der Waals surface area contributed by atoms with Crippen molar-refractivity contribution in [3.8, 4) is 5.75 Å². The van der Waals surface area contributed by atoms with Crippen LogP contribution in [0.15, 0.2) is 24.3 Å². The highest BCUT2D eigenvalue weighted by molar-refractivity contribution is 5.93. The molecule has 5 atom stereocenters. The van der Waals surface area contributed by atoms with Gasteiger partial charge in [0.25, 0.3) is 0 Å². The van der Waals surface area contributed by atoms with E-state index in [9.17, 15) is 24.9 Å². The molecule has 1 amide bonds. The van der Waals surface area contributed by atoms with Crippen LogP contribution in [0.5, 0.6) is 5.75 Å². The second-order valence-electron chi connectivity index (χ2n) is 4.75. The Balaban J connectivity index is 2.19. The van der Waals surface area contributed by atoms with Crippen LogP contribution in [0.2, 0.25) is 0 Å². The number of aliphatic hydroxyl groups is 3. The molecule has 6 N–H and O–H groups in total. The molecule has 2 rings (SSSR count). The van der Waals surface area contributed by atoms with Gasteiger partial charge in [0.2, 0.25) is 12.2 Å². The molecule has 1 aromatic rings. The smallest absolute Gasteiger partial charge is 0.335 e. The van der Waals surface area contributed by atoms with Gasteiger partial charge in [-0.3, -0.25) is 4.79 Å². The summed E-state index contributed by atoms with van der Waals surface area (Å²) < 4.78 is 10.2. The topological polar surface area (TPSA) is 160 Å². The van der Waals surface area contributed by atoms with Crippen LogP contribution in [0.3, 0.4) is 0 Å². The second kappa shape index (κ2) is 6.28. The molecular weight excluding hydrogens is 298 g/mol. The first-order valence-electron chi connectivity index (χ1n) is 6.30. The maximum Gasteiger partial charge on any atom is 0.335 e. The fraction of sp³-hybridized carbons (Fsp3) is 0.385. The van der Waals surface area contributed by atoms with Crippen molar-refractivity contribution in [2.75, 3.05) is 0 Å². The Hall–Kier alpha value is -2.20. The Morgan fingerprint density at radius 2 is 1.82 bits per heavy atom. The van der Waals surface area contributed by atoms with Gasteiger partial charge in [0.15, 0.2) is 6.10 Å². The number of carboxylic acids is 1. The zero-order valence-electron chi connectivity index (χ0n) is 11.2. The molecule has 0 radical (unpaired) electrons. The van der Waals surface area contributed by atoms with Crippen LogP contribution in [0, 0.1) is 0 Å². The minimum Gasteiger partial charge on any atom is -0.479 e. The molecule has 1 saturated heterocycles. The van der Waals surface area contributed by atoms with Gasteiger partial charge in [0, 0.05) is 5.56 Å². The predicted octanol–water partition coefficient (Wildman–Crippen LogP) is -1.94. The minimum absolute atomic E-state index is 0.0769. The fourth-order valence-electron chi connectivity index (χ4n) is 2.01. The largest absolute Gasteiger partial charge is 0.479 e. The molecule has 0 spiro atoms. The lowest BCUT2D eigenvalue weighted by molar-refractivity contribution is -0.271. The number of ether oxygens (including phenoxy) is 2. The molecule has 0 bridgehead atoms. The van der Waals surface area contributed by atoms with E-state index in [4.69, 9.17) is 20.3 Å². The van der Waals surface area contributed by atoms with Crippen LogP contribution < -0.4 is 10.5 Å². The van der Waals surface area contributed by atoms with Gasteiger partial charge in [0.1, 0.15) is 24.1 Å². The first kappa shape index (κ1) is 16.2. The SMILES string of the molecule is NC(=O)c1cccc(O[C@@H]2O[C@H](C(=O)O)[C@@H](O)[C@H](O)[C@H]2O)c1. The number of benzene rings is 1. The van der Waals surface area contributed by atoms with E-state index in [1.165, 1.54) is 24.3 Å². The Morgan fingerprint density at radius 1 is 1.14 bits per heavy atom. The van der Waals surface area contributed by atoms with Gasteiger partial charge < -0.3 is 35.6 Å². The van der Waals surface area contributed by atoms with Gasteiger partial charge in [-0.1, -0.05) is 6.07 Å². The lowest BCUT2D eigenvalue weighted by atomic mass is 9.99. The highest BCUT2D eigenvalue weighted by Crippen LogP contribution is 2.25. The summed E-state index contributed by atoms with van der Waals surface area (Å²) in [6, 6.07) is 5.60. The summed E-state index contributed by atoms with van der Waals surface area (Å²) in [7, 11) is 0. The van der Waals surface area contributed by atoms with Gasteiger partial charge >= 0.3 is 5.97 Å². The van der Waals surface area contributed by atoms with Gasteiger partial charge in [-0.2, -0.15) is 0 Å². The zero-order chi connectivity index (χ0) is 16.4. The number of nitrogens with two attached hydrogens (primary N) is 1. The maximum absolute atomic E-state index is 11.1. The number of amides is 1. The van der Waals surface area contributed by atoms with Crippen LogP contribution in [-0.2, 0) is 9.53 Å². The summed E-state index contributed by atoms with van der Waals surface area (Å²) in [5.74, 6) is -2.14. The number of primary amides is 1. The van der Waals surface area contributed by atoms with E-state index in [0.29, 0.717) is 0 Å². The molecule has 22 heavy (non-hydrogen) atoms. The van der Waals surface area contributed by atoms with E-state index in [2.05, 4.69) is 0 Å². The normalized spacial score (nSPS) is 31.5. The van der Waals surface area contributed by atoms with E-state index >= 15 is 0 Å². The number of carbonyl (C=O) groups is 2. The molecule has 0 saturated carbocycles. The number of rotatable bonds is 4. The molecule has 0 aliphatic carbocycles. The minimum atomic E-state index is -1.80. The first-order valence-corrected chi connectivity index (χ1v) is 6.30. The Bertz CT molecular complexity index is 577. The number of aliphatic carboxylic acids is 1. The quantitative estimate of drug-likeness (QED) is 0.429. The van der Waals surface area contributed by atoms with Crippen molar-refractivity contribution in [2.45, 2.75) is 30.7 Å². The average Bonchev–Trinajstić information content (AvgIpc) is 2.47. The van der Waals surface area contributed by atoms with Crippen LogP contribution in [-0.4, -0.2) is 63.0 Å². The molecule has 0 unspecified atom stereocenters. The average molecular weight is 313 g/mol. The van der Waals surface area contributed by atoms with Crippen molar-refractivity contribution in [2.24, 2.45) is 5.73 Å². The van der Waals surface area contributed by atoms with Crippen molar-refractivity contribution in [1.82, 2.24) is 0 Å². The fourth-order valence-corrected chi connectivity index (χ4v) is 2.01. The van der Waals surface area contributed by atoms with Gasteiger partial charge in [0.05, 0.1) is 0 Å². The highest BCUT2D eigenvalue weighted by atomic mass is 16.7. The van der Waals surface area contributed by atoms with E-state index < -0.39 is 42.6 Å². The summed E-state index contributed by atoms with van der Waals surface area (Å²) in [4.78, 5) is 22.0. The van der Waals surface area contributed by atoms with Crippen LogP contribution >= 0.6 is 0 Å². The van der Waals surface area contributed by atoms with E-state index in [0.717, 1.165) is 0 Å². The molecule has 9 nitrogen and oxygen atoms in total. The summed E-state index contributed by atoms with van der Waals surface area (Å²) >= 11 is 0. The molecular formula is C13H15NO8. The third-order valence-corrected chi connectivity index (χ3v) is 3.18.